The number of carbonyl (C=O) groups excluding carboxylic acids is 2. The van der Waals surface area contributed by atoms with Crippen molar-refractivity contribution in [3.8, 4) is 0 Å². The fourth-order valence-electron chi connectivity index (χ4n) is 2.50. The number of urea groups is 1. The summed E-state index contributed by atoms with van der Waals surface area (Å²) in [4.78, 5) is 26.6. The maximum Gasteiger partial charge on any atom is 0.323 e. The van der Waals surface area contributed by atoms with Gasteiger partial charge in [-0.2, -0.15) is 0 Å². The van der Waals surface area contributed by atoms with E-state index in [4.69, 9.17) is 0 Å². The number of hydrogen-bond acceptors (Lipinski definition) is 3. The average Bonchev–Trinajstić information content (AvgIpc) is 3.40. The van der Waals surface area contributed by atoms with Crippen LogP contribution in [0, 0.1) is 0 Å². The predicted molar refractivity (Wildman–Crippen MR) is 108 cm³/mol. The Balaban J connectivity index is 1.73. The van der Waals surface area contributed by atoms with Gasteiger partial charge in [0.1, 0.15) is 0 Å². The number of halogens is 1. The van der Waals surface area contributed by atoms with Crippen LogP contribution in [0.25, 0.3) is 0 Å². The molecule has 26 heavy (non-hydrogen) atoms. The fourth-order valence-corrected chi connectivity index (χ4v) is 2.77. The first-order valence-electron chi connectivity index (χ1n) is 8.38. The molecule has 0 aliphatic heterocycles. The zero-order valence-corrected chi connectivity index (χ0v) is 16.3. The summed E-state index contributed by atoms with van der Waals surface area (Å²) in [6.45, 7) is 0. The SMILES string of the molecule is CN(C)c1ccc(NC(=O)Nc2ccc(Br)cc2)cc1C(=O)NC1CC1. The number of rotatable bonds is 5. The van der Waals surface area contributed by atoms with Crippen LogP contribution in [-0.4, -0.2) is 32.1 Å². The molecular weight excluding hydrogens is 396 g/mol. The predicted octanol–water partition coefficient (Wildman–Crippen LogP) is 4.05. The van der Waals surface area contributed by atoms with Crippen LogP contribution in [0.15, 0.2) is 46.9 Å². The van der Waals surface area contributed by atoms with E-state index in [0.29, 0.717) is 16.9 Å². The van der Waals surface area contributed by atoms with Crippen LogP contribution in [0.1, 0.15) is 23.2 Å². The van der Waals surface area contributed by atoms with Gasteiger partial charge < -0.3 is 20.9 Å². The van der Waals surface area contributed by atoms with Crippen LogP contribution in [-0.2, 0) is 0 Å². The Hall–Kier alpha value is -2.54. The van der Waals surface area contributed by atoms with Gasteiger partial charge in [-0.05, 0) is 55.3 Å². The van der Waals surface area contributed by atoms with Gasteiger partial charge in [-0.3, -0.25) is 4.79 Å². The number of anilines is 3. The van der Waals surface area contributed by atoms with Gasteiger partial charge in [0, 0.05) is 41.7 Å². The van der Waals surface area contributed by atoms with Gasteiger partial charge in [0.2, 0.25) is 0 Å². The molecule has 3 rings (SSSR count). The van der Waals surface area contributed by atoms with E-state index in [1.807, 2.05) is 37.2 Å². The summed E-state index contributed by atoms with van der Waals surface area (Å²) in [7, 11) is 3.77. The van der Waals surface area contributed by atoms with Crippen LogP contribution in [0.2, 0.25) is 0 Å². The van der Waals surface area contributed by atoms with E-state index in [1.165, 1.54) is 0 Å². The van der Waals surface area contributed by atoms with E-state index in [1.54, 1.807) is 24.3 Å². The quantitative estimate of drug-likeness (QED) is 0.687. The Kier molecular flexibility index (Phi) is 5.46. The van der Waals surface area contributed by atoms with Crippen molar-refractivity contribution in [2.24, 2.45) is 0 Å². The number of carbonyl (C=O) groups is 2. The van der Waals surface area contributed by atoms with Gasteiger partial charge >= 0.3 is 6.03 Å². The normalized spacial score (nSPS) is 13.0. The maximum atomic E-state index is 12.5. The fraction of sp³-hybridized carbons (Fsp3) is 0.263. The Bertz CT molecular complexity index is 817. The van der Waals surface area contributed by atoms with Crippen molar-refractivity contribution in [1.29, 1.82) is 0 Å². The monoisotopic (exact) mass is 416 g/mol. The molecule has 1 aliphatic rings. The minimum atomic E-state index is -0.363. The molecule has 0 spiro atoms. The Labute approximate surface area is 161 Å². The summed E-state index contributed by atoms with van der Waals surface area (Å²) < 4.78 is 0.939. The van der Waals surface area contributed by atoms with Gasteiger partial charge in [0.05, 0.1) is 5.56 Å². The highest BCUT2D eigenvalue weighted by molar-refractivity contribution is 9.10. The third-order valence-corrected chi connectivity index (χ3v) is 4.52. The minimum absolute atomic E-state index is 0.117. The molecule has 3 N–H and O–H groups in total. The molecule has 0 heterocycles. The molecular formula is C19H21BrN4O2. The molecule has 1 fully saturated rings. The molecule has 0 unspecified atom stereocenters. The number of nitrogens with zero attached hydrogens (tertiary/aromatic N) is 1. The van der Waals surface area contributed by atoms with Gasteiger partial charge in [0.25, 0.3) is 5.91 Å². The van der Waals surface area contributed by atoms with E-state index in [-0.39, 0.29) is 18.0 Å². The van der Waals surface area contributed by atoms with Crippen LogP contribution >= 0.6 is 15.9 Å². The molecule has 136 valence electrons. The summed E-state index contributed by atoms with van der Waals surface area (Å²) in [6, 6.07) is 12.5. The molecule has 0 bridgehead atoms. The van der Waals surface area contributed by atoms with Crippen LogP contribution in [0.4, 0.5) is 21.9 Å². The molecule has 2 aromatic carbocycles. The largest absolute Gasteiger partial charge is 0.377 e. The van der Waals surface area contributed by atoms with Crippen LogP contribution < -0.4 is 20.9 Å². The van der Waals surface area contributed by atoms with E-state index in [9.17, 15) is 9.59 Å². The Morgan fingerprint density at radius 1 is 1.00 bits per heavy atom. The molecule has 6 nitrogen and oxygen atoms in total. The summed E-state index contributed by atoms with van der Waals surface area (Å²) in [5, 5.41) is 8.53. The molecule has 1 saturated carbocycles. The van der Waals surface area contributed by atoms with Gasteiger partial charge in [-0.1, -0.05) is 15.9 Å². The number of nitrogens with one attached hydrogen (secondary N) is 3. The first-order valence-corrected chi connectivity index (χ1v) is 9.17. The number of benzene rings is 2. The minimum Gasteiger partial charge on any atom is -0.377 e. The summed E-state index contributed by atoms with van der Waals surface area (Å²) >= 11 is 3.36. The summed E-state index contributed by atoms with van der Waals surface area (Å²) in [6.07, 6.45) is 2.05. The third kappa shape index (κ3) is 4.76. The van der Waals surface area contributed by atoms with Crippen molar-refractivity contribution in [2.75, 3.05) is 29.6 Å². The second kappa shape index (κ2) is 7.78. The van der Waals surface area contributed by atoms with Crippen molar-refractivity contribution in [3.05, 3.63) is 52.5 Å². The Morgan fingerprint density at radius 3 is 2.23 bits per heavy atom. The van der Waals surface area contributed by atoms with E-state index in [2.05, 4.69) is 31.9 Å². The third-order valence-electron chi connectivity index (χ3n) is 4.00. The lowest BCUT2D eigenvalue weighted by Gasteiger charge is -2.18. The highest BCUT2D eigenvalue weighted by Gasteiger charge is 2.25. The Morgan fingerprint density at radius 2 is 1.62 bits per heavy atom. The lowest BCUT2D eigenvalue weighted by Crippen LogP contribution is -2.28. The second-order valence-electron chi connectivity index (χ2n) is 6.46. The van der Waals surface area contributed by atoms with E-state index >= 15 is 0 Å². The number of amides is 3. The topological polar surface area (TPSA) is 73.5 Å². The number of hydrogen-bond donors (Lipinski definition) is 3. The molecule has 0 atom stereocenters. The lowest BCUT2D eigenvalue weighted by molar-refractivity contribution is 0.0951. The van der Waals surface area contributed by atoms with Crippen molar-refractivity contribution >= 4 is 44.9 Å². The molecule has 1 aliphatic carbocycles. The highest BCUT2D eigenvalue weighted by atomic mass is 79.9. The molecule has 0 saturated heterocycles. The van der Waals surface area contributed by atoms with E-state index < -0.39 is 0 Å². The molecule has 3 amide bonds. The smallest absolute Gasteiger partial charge is 0.323 e. The summed E-state index contributed by atoms with van der Waals surface area (Å²) in [5.74, 6) is -0.117. The zero-order chi connectivity index (χ0) is 18.7. The van der Waals surface area contributed by atoms with Crippen molar-refractivity contribution in [3.63, 3.8) is 0 Å². The van der Waals surface area contributed by atoms with E-state index in [0.717, 1.165) is 23.0 Å². The molecule has 7 heteroatoms. The van der Waals surface area contributed by atoms with Crippen LogP contribution in [0.5, 0.6) is 0 Å². The first-order chi connectivity index (χ1) is 12.4. The zero-order valence-electron chi connectivity index (χ0n) is 14.7. The lowest BCUT2D eigenvalue weighted by atomic mass is 10.1. The second-order valence-corrected chi connectivity index (χ2v) is 7.38. The van der Waals surface area contributed by atoms with Gasteiger partial charge in [-0.15, -0.1) is 0 Å². The highest BCUT2D eigenvalue weighted by Crippen LogP contribution is 2.25. The van der Waals surface area contributed by atoms with Crippen molar-refractivity contribution < 1.29 is 9.59 Å². The van der Waals surface area contributed by atoms with Gasteiger partial charge in [-0.25, -0.2) is 4.79 Å². The standard InChI is InChI=1S/C19H21BrN4O2/c1-24(2)17-10-9-15(11-16(17)18(25)21-13-7-8-13)23-19(26)22-14-5-3-12(20)4-6-14/h3-6,9-11,13H,7-8H2,1-2H3,(H,21,25)(H2,22,23,26). The first kappa shape index (κ1) is 18.3. The van der Waals surface area contributed by atoms with Gasteiger partial charge in [0.15, 0.2) is 0 Å². The summed E-state index contributed by atoms with van der Waals surface area (Å²) in [5.41, 5.74) is 2.60. The average molecular weight is 417 g/mol. The molecule has 0 aromatic heterocycles. The van der Waals surface area contributed by atoms with Crippen LogP contribution in [0.3, 0.4) is 0 Å². The van der Waals surface area contributed by atoms with Crippen molar-refractivity contribution in [2.45, 2.75) is 18.9 Å². The maximum absolute atomic E-state index is 12.5. The van der Waals surface area contributed by atoms with Crippen molar-refractivity contribution in [1.82, 2.24) is 5.32 Å². The molecule has 2 aromatic rings. The molecule has 0 radical (unpaired) electrons.